The highest BCUT2D eigenvalue weighted by molar-refractivity contribution is 7.99. The molecular formula is C24H29N5O2S. The zero-order valence-corrected chi connectivity index (χ0v) is 19.2. The van der Waals surface area contributed by atoms with Crippen molar-refractivity contribution >= 4 is 17.7 Å². The Morgan fingerprint density at radius 2 is 1.75 bits per heavy atom. The molecule has 0 saturated carbocycles. The van der Waals surface area contributed by atoms with Gasteiger partial charge in [-0.3, -0.25) is 9.69 Å². The lowest BCUT2D eigenvalue weighted by Gasteiger charge is -2.26. The molecule has 1 amide bonds. The van der Waals surface area contributed by atoms with Gasteiger partial charge in [0.15, 0.2) is 5.16 Å². The van der Waals surface area contributed by atoms with Gasteiger partial charge in [0, 0.05) is 51.0 Å². The zero-order valence-electron chi connectivity index (χ0n) is 18.4. The highest BCUT2D eigenvalue weighted by atomic mass is 32.2. The fourth-order valence-corrected chi connectivity index (χ4v) is 4.54. The molecule has 168 valence electrons. The number of benzene rings is 2. The molecule has 0 radical (unpaired) electrons. The Labute approximate surface area is 193 Å². The summed E-state index contributed by atoms with van der Waals surface area (Å²) < 4.78 is 7.41. The van der Waals surface area contributed by atoms with Crippen molar-refractivity contribution in [1.29, 1.82) is 0 Å². The van der Waals surface area contributed by atoms with Crippen molar-refractivity contribution in [3.63, 3.8) is 0 Å². The van der Waals surface area contributed by atoms with Crippen LogP contribution in [0.15, 0.2) is 59.8 Å². The number of amides is 1. The summed E-state index contributed by atoms with van der Waals surface area (Å²) in [5.41, 5.74) is 2.89. The average molecular weight is 452 g/mol. The molecule has 32 heavy (non-hydrogen) atoms. The third-order valence-corrected chi connectivity index (χ3v) is 6.56. The Bertz CT molecular complexity index is 1000. The summed E-state index contributed by atoms with van der Waals surface area (Å²) in [6, 6.07) is 17.8. The molecule has 3 aromatic rings. The summed E-state index contributed by atoms with van der Waals surface area (Å²) in [6.45, 7) is 5.18. The largest absolute Gasteiger partial charge is 0.379 e. The van der Waals surface area contributed by atoms with Crippen LogP contribution in [0.4, 0.5) is 0 Å². The molecule has 0 spiro atoms. The normalized spacial score (nSPS) is 14.4. The van der Waals surface area contributed by atoms with Gasteiger partial charge in [-0.25, -0.2) is 0 Å². The number of carbonyl (C=O) groups is 1. The second-order valence-corrected chi connectivity index (χ2v) is 8.77. The van der Waals surface area contributed by atoms with E-state index in [2.05, 4.69) is 32.5 Å². The van der Waals surface area contributed by atoms with Crippen LogP contribution in [-0.2, 0) is 18.2 Å². The van der Waals surface area contributed by atoms with Gasteiger partial charge in [-0.1, -0.05) is 54.2 Å². The van der Waals surface area contributed by atoms with Crippen LogP contribution >= 0.6 is 11.8 Å². The monoisotopic (exact) mass is 451 g/mol. The minimum atomic E-state index is -0.0770. The lowest BCUT2D eigenvalue weighted by atomic mass is 10.0. The van der Waals surface area contributed by atoms with Crippen molar-refractivity contribution in [2.75, 3.05) is 45.1 Å². The van der Waals surface area contributed by atoms with Gasteiger partial charge in [0.1, 0.15) is 5.82 Å². The van der Waals surface area contributed by atoms with Gasteiger partial charge in [0.25, 0.3) is 5.91 Å². The highest BCUT2D eigenvalue weighted by Gasteiger charge is 2.13. The second-order valence-electron chi connectivity index (χ2n) is 7.71. The number of ether oxygens (including phenoxy) is 1. The number of rotatable bonds is 9. The van der Waals surface area contributed by atoms with Gasteiger partial charge in [-0.05, 0) is 23.3 Å². The summed E-state index contributed by atoms with van der Waals surface area (Å²) in [6.07, 6.45) is 0.640. The maximum atomic E-state index is 12.5. The Hall–Kier alpha value is -2.68. The molecule has 1 saturated heterocycles. The molecule has 1 aliphatic heterocycles. The lowest BCUT2D eigenvalue weighted by molar-refractivity contribution is 0.0410. The highest BCUT2D eigenvalue weighted by Crippen LogP contribution is 2.19. The van der Waals surface area contributed by atoms with E-state index in [4.69, 9.17) is 4.74 Å². The number of aromatic nitrogens is 3. The Morgan fingerprint density at radius 1 is 1.03 bits per heavy atom. The van der Waals surface area contributed by atoms with E-state index in [1.165, 1.54) is 0 Å². The summed E-state index contributed by atoms with van der Waals surface area (Å²) in [7, 11) is 1.98. The number of morpholine rings is 1. The van der Waals surface area contributed by atoms with E-state index in [1.807, 2.05) is 54.1 Å². The van der Waals surface area contributed by atoms with Crippen molar-refractivity contribution in [2.24, 2.45) is 7.05 Å². The first-order chi connectivity index (χ1) is 15.7. The minimum Gasteiger partial charge on any atom is -0.379 e. The molecule has 1 N–H and O–H groups in total. The molecule has 0 aliphatic carbocycles. The standard InChI is InChI=1S/C24H29N5O2S/c1-28-22(26-27-24(28)32-18-15-29-13-16-31-17-14-29)11-12-25-23(30)21-9-7-20(8-10-21)19-5-3-2-4-6-19/h2-10H,11-18H2,1H3,(H,25,30). The predicted molar refractivity (Wildman–Crippen MR) is 127 cm³/mol. The molecule has 0 atom stereocenters. The van der Waals surface area contributed by atoms with Crippen LogP contribution in [0.25, 0.3) is 11.1 Å². The van der Waals surface area contributed by atoms with Gasteiger partial charge in [-0.15, -0.1) is 10.2 Å². The SMILES string of the molecule is Cn1c(CCNC(=O)c2ccc(-c3ccccc3)cc2)nnc1SCCN1CCOCC1. The van der Waals surface area contributed by atoms with Gasteiger partial charge < -0.3 is 14.6 Å². The first-order valence-corrected chi connectivity index (χ1v) is 11.9. The molecule has 1 aromatic heterocycles. The van der Waals surface area contributed by atoms with E-state index < -0.39 is 0 Å². The van der Waals surface area contributed by atoms with Crippen LogP contribution in [-0.4, -0.2) is 70.7 Å². The van der Waals surface area contributed by atoms with Crippen LogP contribution in [0.2, 0.25) is 0 Å². The summed E-state index contributed by atoms with van der Waals surface area (Å²) in [5, 5.41) is 12.5. The maximum absolute atomic E-state index is 12.5. The van der Waals surface area contributed by atoms with Gasteiger partial charge in [-0.2, -0.15) is 0 Å². The lowest BCUT2D eigenvalue weighted by Crippen LogP contribution is -2.37. The van der Waals surface area contributed by atoms with E-state index in [-0.39, 0.29) is 5.91 Å². The van der Waals surface area contributed by atoms with Crippen molar-refractivity contribution in [1.82, 2.24) is 25.0 Å². The first-order valence-electron chi connectivity index (χ1n) is 11.0. The van der Waals surface area contributed by atoms with E-state index in [1.54, 1.807) is 11.8 Å². The zero-order chi connectivity index (χ0) is 22.2. The third kappa shape index (κ3) is 5.97. The van der Waals surface area contributed by atoms with E-state index in [0.29, 0.717) is 18.5 Å². The molecule has 0 unspecified atom stereocenters. The Kier molecular flexibility index (Phi) is 7.92. The summed E-state index contributed by atoms with van der Waals surface area (Å²) >= 11 is 1.72. The van der Waals surface area contributed by atoms with Crippen LogP contribution in [0.5, 0.6) is 0 Å². The number of thioether (sulfide) groups is 1. The number of hydrogen-bond donors (Lipinski definition) is 1. The molecule has 2 heterocycles. The fourth-order valence-electron chi connectivity index (χ4n) is 3.61. The Morgan fingerprint density at radius 3 is 2.50 bits per heavy atom. The number of nitrogens with zero attached hydrogens (tertiary/aromatic N) is 4. The van der Waals surface area contributed by atoms with Crippen LogP contribution in [0.3, 0.4) is 0 Å². The molecule has 0 bridgehead atoms. The maximum Gasteiger partial charge on any atom is 0.251 e. The van der Waals surface area contributed by atoms with Gasteiger partial charge >= 0.3 is 0 Å². The summed E-state index contributed by atoms with van der Waals surface area (Å²) in [5.74, 6) is 1.77. The van der Waals surface area contributed by atoms with Crippen molar-refractivity contribution in [3.8, 4) is 11.1 Å². The topological polar surface area (TPSA) is 72.3 Å². The molecule has 8 heteroatoms. The third-order valence-electron chi connectivity index (χ3n) is 5.56. The van der Waals surface area contributed by atoms with E-state index in [9.17, 15) is 4.79 Å². The average Bonchev–Trinajstić information content (AvgIpc) is 3.19. The minimum absolute atomic E-state index is 0.0770. The summed E-state index contributed by atoms with van der Waals surface area (Å²) in [4.78, 5) is 14.9. The van der Waals surface area contributed by atoms with Crippen molar-refractivity contribution < 1.29 is 9.53 Å². The predicted octanol–water partition coefficient (Wildman–Crippen LogP) is 2.88. The fraction of sp³-hybridized carbons (Fsp3) is 0.375. The number of carbonyl (C=O) groups excluding carboxylic acids is 1. The molecular weight excluding hydrogens is 422 g/mol. The first kappa shape index (κ1) is 22.5. The van der Waals surface area contributed by atoms with Crippen LogP contribution < -0.4 is 5.32 Å². The molecule has 7 nitrogen and oxygen atoms in total. The van der Waals surface area contributed by atoms with Crippen LogP contribution in [0, 0.1) is 0 Å². The van der Waals surface area contributed by atoms with Crippen LogP contribution in [0.1, 0.15) is 16.2 Å². The Balaban J connectivity index is 1.22. The van der Waals surface area contributed by atoms with Crippen molar-refractivity contribution in [2.45, 2.75) is 11.6 Å². The number of hydrogen-bond acceptors (Lipinski definition) is 6. The van der Waals surface area contributed by atoms with E-state index in [0.717, 1.165) is 60.7 Å². The second kappa shape index (κ2) is 11.3. The smallest absolute Gasteiger partial charge is 0.251 e. The van der Waals surface area contributed by atoms with Gasteiger partial charge in [0.2, 0.25) is 0 Å². The van der Waals surface area contributed by atoms with E-state index >= 15 is 0 Å². The van der Waals surface area contributed by atoms with Gasteiger partial charge in [0.05, 0.1) is 13.2 Å². The quantitative estimate of drug-likeness (QED) is 0.505. The molecule has 1 fully saturated rings. The molecule has 1 aliphatic rings. The molecule has 2 aromatic carbocycles. The number of nitrogens with one attached hydrogen (secondary N) is 1. The van der Waals surface area contributed by atoms with Crippen molar-refractivity contribution in [3.05, 3.63) is 66.0 Å². The molecule has 4 rings (SSSR count).